The van der Waals surface area contributed by atoms with Gasteiger partial charge in [0.15, 0.2) is 6.61 Å². The van der Waals surface area contributed by atoms with Crippen LogP contribution in [0.5, 0.6) is 5.75 Å². The highest BCUT2D eigenvalue weighted by Gasteiger charge is 2.14. The molecule has 0 spiro atoms. The Labute approximate surface area is 161 Å². The number of carbonyl (C=O) groups is 2. The molecule has 1 N–H and O–H groups in total. The molecule has 7 heteroatoms. The quantitative estimate of drug-likeness (QED) is 0.643. The lowest BCUT2D eigenvalue weighted by molar-refractivity contribution is -0.146. The van der Waals surface area contributed by atoms with Crippen LogP contribution in [0.3, 0.4) is 0 Å². The summed E-state index contributed by atoms with van der Waals surface area (Å²) >= 11 is 5.89. The highest BCUT2D eigenvalue weighted by Crippen LogP contribution is 2.26. The summed E-state index contributed by atoms with van der Waals surface area (Å²) in [6.07, 6.45) is 1.51. The van der Waals surface area contributed by atoms with Crippen molar-refractivity contribution in [3.8, 4) is 5.75 Å². The van der Waals surface area contributed by atoms with Crippen LogP contribution in [0.4, 0.5) is 5.69 Å². The monoisotopic (exact) mass is 387 g/mol. The van der Waals surface area contributed by atoms with Crippen LogP contribution < -0.4 is 10.1 Å². The van der Waals surface area contributed by atoms with E-state index < -0.39 is 11.9 Å². The lowest BCUT2D eigenvalue weighted by Gasteiger charge is -2.09. The minimum Gasteiger partial charge on any atom is -0.497 e. The Morgan fingerprint density at radius 1 is 1.19 bits per heavy atom. The molecule has 0 aliphatic rings. The van der Waals surface area contributed by atoms with E-state index in [-0.39, 0.29) is 13.0 Å². The number of halogens is 1. The minimum atomic E-state index is -0.517. The lowest BCUT2D eigenvalue weighted by atomic mass is 10.1. The van der Waals surface area contributed by atoms with Gasteiger partial charge in [-0.15, -0.1) is 0 Å². The number of hydrogen-bond acceptors (Lipinski definition) is 5. The SMILES string of the molecule is COc1ccc2c(CC(=O)OCC(=O)Nc3ccc(Cl)cc3C)coc2c1. The van der Waals surface area contributed by atoms with E-state index in [1.54, 1.807) is 37.4 Å². The van der Waals surface area contributed by atoms with Gasteiger partial charge >= 0.3 is 5.97 Å². The highest BCUT2D eigenvalue weighted by molar-refractivity contribution is 6.30. The second-order valence-electron chi connectivity index (χ2n) is 5.97. The third-order valence-electron chi connectivity index (χ3n) is 4.02. The first-order valence-electron chi connectivity index (χ1n) is 8.22. The summed E-state index contributed by atoms with van der Waals surface area (Å²) in [4.78, 5) is 24.0. The zero-order chi connectivity index (χ0) is 19.4. The first-order valence-corrected chi connectivity index (χ1v) is 8.60. The van der Waals surface area contributed by atoms with Crippen molar-refractivity contribution in [2.24, 2.45) is 0 Å². The molecule has 3 aromatic rings. The molecule has 0 aliphatic heterocycles. The van der Waals surface area contributed by atoms with Gasteiger partial charge in [0, 0.05) is 27.7 Å². The number of anilines is 1. The maximum atomic E-state index is 12.1. The van der Waals surface area contributed by atoms with Crippen molar-refractivity contribution in [3.63, 3.8) is 0 Å². The molecule has 0 radical (unpaired) electrons. The molecule has 0 saturated carbocycles. The molecule has 1 aromatic heterocycles. The second kappa shape index (κ2) is 8.14. The number of nitrogens with one attached hydrogen (secondary N) is 1. The van der Waals surface area contributed by atoms with Crippen molar-refractivity contribution in [2.45, 2.75) is 13.3 Å². The van der Waals surface area contributed by atoms with Gasteiger partial charge < -0.3 is 19.2 Å². The number of benzene rings is 2. The molecule has 140 valence electrons. The van der Waals surface area contributed by atoms with E-state index >= 15 is 0 Å². The van der Waals surface area contributed by atoms with Gasteiger partial charge in [-0.05, 0) is 42.8 Å². The molecule has 3 rings (SSSR count). The third-order valence-corrected chi connectivity index (χ3v) is 4.26. The fourth-order valence-corrected chi connectivity index (χ4v) is 2.86. The van der Waals surface area contributed by atoms with E-state index in [1.807, 2.05) is 13.0 Å². The molecular weight excluding hydrogens is 370 g/mol. The summed E-state index contributed by atoms with van der Waals surface area (Å²) in [6, 6.07) is 10.5. The lowest BCUT2D eigenvalue weighted by Crippen LogP contribution is -2.22. The van der Waals surface area contributed by atoms with Gasteiger partial charge in [0.2, 0.25) is 0 Å². The average molecular weight is 388 g/mol. The predicted octanol–water partition coefficient (Wildman–Crippen LogP) is 4.13. The molecule has 1 amide bonds. The van der Waals surface area contributed by atoms with E-state index in [9.17, 15) is 9.59 Å². The van der Waals surface area contributed by atoms with Gasteiger partial charge in [0.25, 0.3) is 5.91 Å². The van der Waals surface area contributed by atoms with Gasteiger partial charge in [-0.25, -0.2) is 0 Å². The van der Waals surface area contributed by atoms with Crippen LogP contribution in [0.1, 0.15) is 11.1 Å². The summed E-state index contributed by atoms with van der Waals surface area (Å²) in [5.41, 5.74) is 2.75. The standard InChI is InChI=1S/C20H18ClNO5/c1-12-7-14(21)3-6-17(12)22-19(23)11-27-20(24)8-13-10-26-18-9-15(25-2)4-5-16(13)18/h3-7,9-10H,8,11H2,1-2H3,(H,22,23). The third kappa shape index (κ3) is 4.60. The van der Waals surface area contributed by atoms with Crippen molar-refractivity contribution in [1.82, 2.24) is 0 Å². The largest absolute Gasteiger partial charge is 0.497 e. The van der Waals surface area contributed by atoms with Crippen molar-refractivity contribution >= 4 is 40.1 Å². The van der Waals surface area contributed by atoms with Crippen molar-refractivity contribution < 1.29 is 23.5 Å². The van der Waals surface area contributed by atoms with Gasteiger partial charge in [-0.2, -0.15) is 0 Å². The Morgan fingerprint density at radius 3 is 2.74 bits per heavy atom. The van der Waals surface area contributed by atoms with E-state index in [0.717, 1.165) is 10.9 Å². The number of aryl methyl sites for hydroxylation is 1. The first-order chi connectivity index (χ1) is 13.0. The number of furan rings is 1. The zero-order valence-electron chi connectivity index (χ0n) is 14.9. The van der Waals surface area contributed by atoms with Crippen LogP contribution in [0.15, 0.2) is 47.1 Å². The predicted molar refractivity (Wildman–Crippen MR) is 102 cm³/mol. The smallest absolute Gasteiger partial charge is 0.310 e. The Balaban J connectivity index is 1.56. The Hall–Kier alpha value is -2.99. The number of carbonyl (C=O) groups excluding carboxylic acids is 2. The van der Waals surface area contributed by atoms with Crippen molar-refractivity contribution in [1.29, 1.82) is 0 Å². The number of hydrogen-bond donors (Lipinski definition) is 1. The minimum absolute atomic E-state index is 0.00653. The maximum absolute atomic E-state index is 12.1. The summed E-state index contributed by atoms with van der Waals surface area (Å²) in [7, 11) is 1.57. The Kier molecular flexibility index (Phi) is 5.66. The Morgan fingerprint density at radius 2 is 2.00 bits per heavy atom. The summed E-state index contributed by atoms with van der Waals surface area (Å²) in [5.74, 6) is -0.271. The van der Waals surface area contributed by atoms with E-state index in [2.05, 4.69) is 5.32 Å². The molecular formula is C20H18ClNO5. The number of ether oxygens (including phenoxy) is 2. The van der Waals surface area contributed by atoms with Crippen LogP contribution in [0.2, 0.25) is 5.02 Å². The topological polar surface area (TPSA) is 77.8 Å². The highest BCUT2D eigenvalue weighted by atomic mass is 35.5. The normalized spacial score (nSPS) is 10.6. The van der Waals surface area contributed by atoms with Crippen LogP contribution in [0, 0.1) is 6.92 Å². The van der Waals surface area contributed by atoms with Gasteiger partial charge in [-0.3, -0.25) is 9.59 Å². The van der Waals surface area contributed by atoms with Gasteiger partial charge in [0.05, 0.1) is 19.8 Å². The fourth-order valence-electron chi connectivity index (χ4n) is 2.63. The van der Waals surface area contributed by atoms with Crippen LogP contribution in [-0.2, 0) is 20.7 Å². The maximum Gasteiger partial charge on any atom is 0.310 e. The van der Waals surface area contributed by atoms with Crippen LogP contribution in [0.25, 0.3) is 11.0 Å². The molecule has 0 bridgehead atoms. The zero-order valence-corrected chi connectivity index (χ0v) is 15.6. The molecule has 27 heavy (non-hydrogen) atoms. The van der Waals surface area contributed by atoms with Crippen LogP contribution >= 0.6 is 11.6 Å². The molecule has 2 aromatic carbocycles. The molecule has 1 heterocycles. The van der Waals surface area contributed by atoms with E-state index in [4.69, 9.17) is 25.5 Å². The fraction of sp³-hybridized carbons (Fsp3) is 0.200. The molecule has 0 atom stereocenters. The molecule has 0 saturated heterocycles. The van der Waals surface area contributed by atoms with Crippen LogP contribution in [-0.4, -0.2) is 25.6 Å². The van der Waals surface area contributed by atoms with E-state index in [0.29, 0.717) is 27.6 Å². The van der Waals surface area contributed by atoms with Crippen molar-refractivity contribution in [2.75, 3.05) is 19.0 Å². The number of fused-ring (bicyclic) bond motifs is 1. The first kappa shape index (κ1) is 18.8. The number of rotatable bonds is 6. The van der Waals surface area contributed by atoms with Crippen molar-refractivity contribution in [3.05, 3.63) is 58.8 Å². The molecule has 0 unspecified atom stereocenters. The second-order valence-corrected chi connectivity index (χ2v) is 6.40. The van der Waals surface area contributed by atoms with Gasteiger partial charge in [0.1, 0.15) is 11.3 Å². The average Bonchev–Trinajstić information content (AvgIpc) is 3.04. The summed E-state index contributed by atoms with van der Waals surface area (Å²) < 4.78 is 15.6. The number of methoxy groups -OCH3 is 1. The van der Waals surface area contributed by atoms with E-state index in [1.165, 1.54) is 6.26 Å². The Bertz CT molecular complexity index is 995. The molecule has 0 aliphatic carbocycles. The summed E-state index contributed by atoms with van der Waals surface area (Å²) in [5, 5.41) is 4.07. The molecule has 6 nitrogen and oxygen atoms in total. The number of amides is 1. The summed E-state index contributed by atoms with van der Waals surface area (Å²) in [6.45, 7) is 1.46. The van der Waals surface area contributed by atoms with Gasteiger partial charge in [-0.1, -0.05) is 11.6 Å². The molecule has 0 fully saturated rings. The number of esters is 1.